The van der Waals surface area contributed by atoms with Crippen molar-refractivity contribution >= 4 is 17.6 Å². The summed E-state index contributed by atoms with van der Waals surface area (Å²) < 4.78 is 9.74. The minimum absolute atomic E-state index is 0.0398. The fourth-order valence-electron chi connectivity index (χ4n) is 2.03. The van der Waals surface area contributed by atoms with E-state index in [1.165, 1.54) is 7.05 Å². The number of esters is 1. The molecule has 0 aromatic rings. The second-order valence-corrected chi connectivity index (χ2v) is 4.87. The van der Waals surface area contributed by atoms with Crippen molar-refractivity contribution in [1.82, 2.24) is 10.6 Å². The standard InChI is InChI=1S/C13H22N4O7/c1-3-23-13(22)7(15)6(14)8(16-2)11(21)17-12-10(20)9(19)5(4-18)24-12/h5,9-10,12,15-16,18-20H,3-4,14H2,1-2H3,(H,17,21)/b8-6+,15-7?. The van der Waals surface area contributed by atoms with Crippen LogP contribution < -0.4 is 16.4 Å². The first-order valence-electron chi connectivity index (χ1n) is 7.15. The van der Waals surface area contributed by atoms with Gasteiger partial charge in [-0.05, 0) is 6.92 Å². The Labute approximate surface area is 137 Å². The normalized spacial score (nSPS) is 27.2. The monoisotopic (exact) mass is 346 g/mol. The van der Waals surface area contributed by atoms with Gasteiger partial charge in [0, 0.05) is 7.05 Å². The maximum absolute atomic E-state index is 12.2. The van der Waals surface area contributed by atoms with Crippen LogP contribution in [-0.4, -0.2) is 77.7 Å². The zero-order chi connectivity index (χ0) is 18.4. The Balaban J connectivity index is 2.89. The smallest absolute Gasteiger partial charge is 0.358 e. The van der Waals surface area contributed by atoms with Crippen LogP contribution in [0.3, 0.4) is 0 Å². The quantitative estimate of drug-likeness (QED) is 0.139. The van der Waals surface area contributed by atoms with Crippen LogP contribution in [-0.2, 0) is 19.1 Å². The summed E-state index contributed by atoms with van der Waals surface area (Å²) in [6, 6.07) is 0. The summed E-state index contributed by atoms with van der Waals surface area (Å²) in [6.45, 7) is 1.05. The number of aliphatic hydroxyl groups is 3. The molecule has 1 heterocycles. The van der Waals surface area contributed by atoms with E-state index in [9.17, 15) is 19.8 Å². The lowest BCUT2D eigenvalue weighted by Crippen LogP contribution is -2.46. The second-order valence-electron chi connectivity index (χ2n) is 4.87. The van der Waals surface area contributed by atoms with Gasteiger partial charge in [-0.15, -0.1) is 0 Å². The number of carbonyl (C=O) groups is 2. The van der Waals surface area contributed by atoms with Crippen LogP contribution >= 0.6 is 0 Å². The van der Waals surface area contributed by atoms with Crippen molar-refractivity contribution in [2.75, 3.05) is 20.3 Å². The van der Waals surface area contributed by atoms with Crippen molar-refractivity contribution in [3.05, 3.63) is 11.4 Å². The van der Waals surface area contributed by atoms with Gasteiger partial charge in [-0.2, -0.15) is 0 Å². The first-order valence-corrected chi connectivity index (χ1v) is 7.15. The fourth-order valence-corrected chi connectivity index (χ4v) is 2.03. The van der Waals surface area contributed by atoms with Gasteiger partial charge in [-0.1, -0.05) is 0 Å². The number of rotatable bonds is 7. The first kappa shape index (κ1) is 19.8. The second kappa shape index (κ2) is 8.59. The molecule has 4 unspecified atom stereocenters. The molecule has 1 aliphatic heterocycles. The van der Waals surface area contributed by atoms with E-state index in [1.807, 2.05) is 0 Å². The molecule has 136 valence electrons. The molecular formula is C13H22N4O7. The highest BCUT2D eigenvalue weighted by molar-refractivity contribution is 6.42. The van der Waals surface area contributed by atoms with Gasteiger partial charge in [0.2, 0.25) is 0 Å². The number of likely N-dealkylation sites (N-methyl/N-ethyl adjacent to an activating group) is 1. The largest absolute Gasteiger partial charge is 0.461 e. The summed E-state index contributed by atoms with van der Waals surface area (Å²) in [5.74, 6) is -1.87. The molecule has 1 rings (SSSR count). The lowest BCUT2D eigenvalue weighted by atomic mass is 10.1. The summed E-state index contributed by atoms with van der Waals surface area (Å²) in [5.41, 5.74) is 4.15. The summed E-state index contributed by atoms with van der Waals surface area (Å²) in [7, 11) is 1.34. The molecule has 24 heavy (non-hydrogen) atoms. The third kappa shape index (κ3) is 4.20. The molecule has 0 spiro atoms. The minimum atomic E-state index is -1.46. The Kier molecular flexibility index (Phi) is 7.10. The zero-order valence-electron chi connectivity index (χ0n) is 13.3. The Morgan fingerprint density at radius 1 is 1.33 bits per heavy atom. The SMILES string of the molecule is CCOC(=O)C(=N)/C(N)=C(\NC)C(=O)NC1OC(CO)C(O)C1O. The number of carbonyl (C=O) groups excluding carboxylic acids is 2. The van der Waals surface area contributed by atoms with Gasteiger partial charge in [-0.3, -0.25) is 10.2 Å². The average molecular weight is 346 g/mol. The van der Waals surface area contributed by atoms with Gasteiger partial charge < -0.3 is 41.2 Å². The third-order valence-electron chi connectivity index (χ3n) is 3.31. The molecule has 11 nitrogen and oxygen atoms in total. The summed E-state index contributed by atoms with van der Waals surface area (Å²) in [5, 5.41) is 40.7. The van der Waals surface area contributed by atoms with E-state index in [4.69, 9.17) is 21.0 Å². The lowest BCUT2D eigenvalue weighted by molar-refractivity contribution is -0.135. The van der Waals surface area contributed by atoms with E-state index in [0.717, 1.165) is 0 Å². The molecule has 0 radical (unpaired) electrons. The van der Waals surface area contributed by atoms with Crippen molar-refractivity contribution in [3.63, 3.8) is 0 Å². The molecule has 8 N–H and O–H groups in total. The number of aliphatic hydroxyl groups excluding tert-OH is 3. The summed E-state index contributed by atoms with van der Waals surface area (Å²) >= 11 is 0. The molecule has 0 saturated carbocycles. The Bertz CT molecular complexity index is 536. The van der Waals surface area contributed by atoms with Crippen LogP contribution in [0.4, 0.5) is 0 Å². The van der Waals surface area contributed by atoms with E-state index in [1.54, 1.807) is 6.92 Å². The van der Waals surface area contributed by atoms with E-state index in [0.29, 0.717) is 0 Å². The Morgan fingerprint density at radius 3 is 2.42 bits per heavy atom. The minimum Gasteiger partial charge on any atom is -0.461 e. The van der Waals surface area contributed by atoms with Crippen LogP contribution in [0.15, 0.2) is 11.4 Å². The Hall–Kier alpha value is -2.21. The summed E-state index contributed by atoms with van der Waals surface area (Å²) in [4.78, 5) is 23.7. The Morgan fingerprint density at radius 2 is 1.96 bits per heavy atom. The molecule has 1 aliphatic rings. The van der Waals surface area contributed by atoms with Gasteiger partial charge in [-0.25, -0.2) is 4.79 Å². The molecule has 0 aromatic carbocycles. The average Bonchev–Trinajstić information content (AvgIpc) is 2.82. The molecule has 1 amide bonds. The summed E-state index contributed by atoms with van der Waals surface area (Å²) in [6.07, 6.45) is -5.19. The number of hydrogen-bond acceptors (Lipinski definition) is 10. The van der Waals surface area contributed by atoms with Crippen molar-refractivity contribution < 1.29 is 34.4 Å². The van der Waals surface area contributed by atoms with E-state index >= 15 is 0 Å². The van der Waals surface area contributed by atoms with Crippen molar-refractivity contribution in [2.24, 2.45) is 5.73 Å². The first-order chi connectivity index (χ1) is 11.3. The molecule has 1 saturated heterocycles. The molecule has 0 bridgehead atoms. The zero-order valence-corrected chi connectivity index (χ0v) is 13.3. The highest BCUT2D eigenvalue weighted by Crippen LogP contribution is 2.19. The van der Waals surface area contributed by atoms with Crippen LogP contribution in [0.25, 0.3) is 0 Å². The molecule has 0 aliphatic carbocycles. The van der Waals surface area contributed by atoms with E-state index < -0.39 is 54.4 Å². The van der Waals surface area contributed by atoms with Crippen LogP contribution in [0.2, 0.25) is 0 Å². The molecule has 0 aromatic heterocycles. The maximum Gasteiger partial charge on any atom is 0.358 e. The van der Waals surface area contributed by atoms with Crippen molar-refractivity contribution in [3.8, 4) is 0 Å². The van der Waals surface area contributed by atoms with Gasteiger partial charge in [0.25, 0.3) is 5.91 Å². The highest BCUT2D eigenvalue weighted by Gasteiger charge is 2.43. The lowest BCUT2D eigenvalue weighted by Gasteiger charge is -2.18. The molecular weight excluding hydrogens is 324 g/mol. The van der Waals surface area contributed by atoms with Gasteiger partial charge in [0.15, 0.2) is 11.9 Å². The number of ether oxygens (including phenoxy) is 2. The topological polar surface area (TPSA) is 187 Å². The molecule has 1 fully saturated rings. The number of hydrogen-bond donors (Lipinski definition) is 7. The predicted molar refractivity (Wildman–Crippen MR) is 80.5 cm³/mol. The van der Waals surface area contributed by atoms with Crippen LogP contribution in [0, 0.1) is 5.41 Å². The molecule has 4 atom stereocenters. The number of amides is 1. The van der Waals surface area contributed by atoms with Crippen molar-refractivity contribution in [1.29, 1.82) is 5.41 Å². The van der Waals surface area contributed by atoms with Crippen LogP contribution in [0.1, 0.15) is 6.92 Å². The number of nitrogens with two attached hydrogens (primary N) is 1. The molecule has 11 heteroatoms. The fraction of sp³-hybridized carbons (Fsp3) is 0.615. The number of nitrogens with one attached hydrogen (secondary N) is 3. The maximum atomic E-state index is 12.2. The van der Waals surface area contributed by atoms with E-state index in [2.05, 4.69) is 15.4 Å². The van der Waals surface area contributed by atoms with Crippen molar-refractivity contribution in [2.45, 2.75) is 31.5 Å². The van der Waals surface area contributed by atoms with Gasteiger partial charge in [0.1, 0.15) is 24.0 Å². The van der Waals surface area contributed by atoms with Crippen LogP contribution in [0.5, 0.6) is 0 Å². The third-order valence-corrected chi connectivity index (χ3v) is 3.31. The van der Waals surface area contributed by atoms with E-state index in [-0.39, 0.29) is 12.3 Å². The highest BCUT2D eigenvalue weighted by atomic mass is 16.6. The predicted octanol–water partition coefficient (Wildman–Crippen LogP) is -3.49. The van der Waals surface area contributed by atoms with Gasteiger partial charge >= 0.3 is 5.97 Å². The van der Waals surface area contributed by atoms with Gasteiger partial charge in [0.05, 0.1) is 18.9 Å².